The standard InChI is InChI=1S/C16H11N3O3/c1-20-13-9-5-3-7-11(13)15-17-16(22-19-15)14-10-6-2-4-8-12(10)18-21-14/h2-9H,1H3. The molecule has 0 unspecified atom stereocenters. The van der Waals surface area contributed by atoms with Crippen molar-refractivity contribution in [3.8, 4) is 28.8 Å². The average Bonchev–Trinajstić information content (AvgIpc) is 3.21. The highest BCUT2D eigenvalue weighted by atomic mass is 16.5. The van der Waals surface area contributed by atoms with Gasteiger partial charge in [0.15, 0.2) is 0 Å². The molecule has 0 aliphatic rings. The number of nitrogens with zero attached hydrogens (tertiary/aromatic N) is 3. The Hall–Kier alpha value is -3.15. The molecular formula is C16H11N3O3. The van der Waals surface area contributed by atoms with Crippen LogP contribution in [0, 0.1) is 0 Å². The molecule has 0 saturated heterocycles. The number of methoxy groups -OCH3 is 1. The molecule has 0 N–H and O–H groups in total. The first-order chi connectivity index (χ1) is 10.9. The Morgan fingerprint density at radius 3 is 2.64 bits per heavy atom. The summed E-state index contributed by atoms with van der Waals surface area (Å²) >= 11 is 0. The Labute approximate surface area is 125 Å². The Morgan fingerprint density at radius 1 is 0.909 bits per heavy atom. The third-order valence-corrected chi connectivity index (χ3v) is 3.35. The van der Waals surface area contributed by atoms with E-state index in [1.165, 1.54) is 0 Å². The van der Waals surface area contributed by atoms with Crippen molar-refractivity contribution in [3.05, 3.63) is 48.5 Å². The summed E-state index contributed by atoms with van der Waals surface area (Å²) in [6.07, 6.45) is 0. The second-order valence-electron chi connectivity index (χ2n) is 4.65. The Balaban J connectivity index is 1.82. The van der Waals surface area contributed by atoms with Crippen LogP contribution >= 0.6 is 0 Å². The summed E-state index contributed by atoms with van der Waals surface area (Å²) in [6, 6.07) is 15.0. The Bertz CT molecular complexity index is 942. The van der Waals surface area contributed by atoms with E-state index in [2.05, 4.69) is 15.3 Å². The topological polar surface area (TPSA) is 74.2 Å². The van der Waals surface area contributed by atoms with Crippen molar-refractivity contribution in [2.75, 3.05) is 7.11 Å². The van der Waals surface area contributed by atoms with Crippen LogP contribution in [0.1, 0.15) is 0 Å². The highest BCUT2D eigenvalue weighted by Crippen LogP contribution is 2.31. The minimum absolute atomic E-state index is 0.287. The molecule has 0 saturated carbocycles. The number of para-hydroxylation sites is 1. The Kier molecular flexibility index (Phi) is 2.86. The highest BCUT2D eigenvalue weighted by molar-refractivity contribution is 5.89. The molecule has 2 heterocycles. The summed E-state index contributed by atoms with van der Waals surface area (Å²) in [5, 5.41) is 8.82. The third kappa shape index (κ3) is 1.93. The van der Waals surface area contributed by atoms with Gasteiger partial charge in [0, 0.05) is 0 Å². The first kappa shape index (κ1) is 12.6. The van der Waals surface area contributed by atoms with Crippen LogP contribution in [0.2, 0.25) is 0 Å². The molecule has 0 radical (unpaired) electrons. The molecule has 0 fully saturated rings. The van der Waals surface area contributed by atoms with E-state index in [4.69, 9.17) is 13.8 Å². The SMILES string of the molecule is COc1ccccc1-c1noc(-c2onc3ccccc23)n1. The zero-order valence-corrected chi connectivity index (χ0v) is 11.7. The fourth-order valence-electron chi connectivity index (χ4n) is 2.30. The van der Waals surface area contributed by atoms with Gasteiger partial charge in [-0.1, -0.05) is 34.6 Å². The molecule has 0 aliphatic carbocycles. The quantitative estimate of drug-likeness (QED) is 0.575. The molecule has 108 valence electrons. The number of benzene rings is 2. The van der Waals surface area contributed by atoms with Gasteiger partial charge in [0.05, 0.1) is 18.1 Å². The van der Waals surface area contributed by atoms with Crippen molar-refractivity contribution >= 4 is 10.9 Å². The lowest BCUT2D eigenvalue weighted by atomic mass is 10.2. The zero-order valence-electron chi connectivity index (χ0n) is 11.7. The highest BCUT2D eigenvalue weighted by Gasteiger charge is 2.19. The molecule has 0 spiro atoms. The van der Waals surface area contributed by atoms with Gasteiger partial charge in [-0.25, -0.2) is 0 Å². The number of hydrogen-bond acceptors (Lipinski definition) is 6. The maximum absolute atomic E-state index is 5.33. The second kappa shape index (κ2) is 5.00. The fourth-order valence-corrected chi connectivity index (χ4v) is 2.30. The van der Waals surface area contributed by atoms with Crippen molar-refractivity contribution in [3.63, 3.8) is 0 Å². The number of hydrogen-bond donors (Lipinski definition) is 0. The van der Waals surface area contributed by atoms with E-state index < -0.39 is 0 Å². The summed E-state index contributed by atoms with van der Waals surface area (Å²) in [5.74, 6) is 1.86. The monoisotopic (exact) mass is 293 g/mol. The molecule has 4 rings (SSSR count). The van der Waals surface area contributed by atoms with Crippen LogP contribution in [0.3, 0.4) is 0 Å². The van der Waals surface area contributed by atoms with E-state index >= 15 is 0 Å². The van der Waals surface area contributed by atoms with Gasteiger partial charge in [0.2, 0.25) is 11.6 Å². The maximum atomic E-state index is 5.33. The average molecular weight is 293 g/mol. The molecule has 6 heteroatoms. The van der Waals surface area contributed by atoms with Gasteiger partial charge in [-0.05, 0) is 24.3 Å². The molecule has 0 aliphatic heterocycles. The van der Waals surface area contributed by atoms with E-state index in [9.17, 15) is 0 Å². The van der Waals surface area contributed by atoms with Gasteiger partial charge >= 0.3 is 0 Å². The van der Waals surface area contributed by atoms with E-state index in [0.29, 0.717) is 17.3 Å². The normalized spacial score (nSPS) is 11.0. The molecule has 4 aromatic rings. The van der Waals surface area contributed by atoms with Crippen LogP contribution < -0.4 is 4.74 Å². The van der Waals surface area contributed by atoms with Crippen LogP contribution in [0.5, 0.6) is 5.75 Å². The molecule has 6 nitrogen and oxygen atoms in total. The summed E-state index contributed by atoms with van der Waals surface area (Å²) in [4.78, 5) is 4.39. The molecule has 0 amide bonds. The Morgan fingerprint density at radius 2 is 1.73 bits per heavy atom. The van der Waals surface area contributed by atoms with E-state index in [1.54, 1.807) is 7.11 Å². The number of ether oxygens (including phenoxy) is 1. The molecule has 22 heavy (non-hydrogen) atoms. The van der Waals surface area contributed by atoms with Crippen molar-refractivity contribution in [2.45, 2.75) is 0 Å². The van der Waals surface area contributed by atoms with E-state index in [-0.39, 0.29) is 5.89 Å². The molecule has 0 atom stereocenters. The van der Waals surface area contributed by atoms with Crippen molar-refractivity contribution < 1.29 is 13.8 Å². The van der Waals surface area contributed by atoms with E-state index in [0.717, 1.165) is 16.5 Å². The second-order valence-corrected chi connectivity index (χ2v) is 4.65. The van der Waals surface area contributed by atoms with Gasteiger partial charge in [-0.3, -0.25) is 0 Å². The first-order valence-corrected chi connectivity index (χ1v) is 6.68. The predicted octanol–water partition coefficient (Wildman–Crippen LogP) is 3.55. The van der Waals surface area contributed by atoms with Crippen molar-refractivity contribution in [2.24, 2.45) is 0 Å². The lowest BCUT2D eigenvalue weighted by molar-refractivity contribution is 0.388. The van der Waals surface area contributed by atoms with Crippen LogP contribution in [0.4, 0.5) is 0 Å². The van der Waals surface area contributed by atoms with Crippen LogP contribution in [0.25, 0.3) is 33.9 Å². The zero-order chi connectivity index (χ0) is 14.9. The summed E-state index contributed by atoms with van der Waals surface area (Å²) in [7, 11) is 1.60. The van der Waals surface area contributed by atoms with E-state index in [1.807, 2.05) is 48.5 Å². The summed E-state index contributed by atoms with van der Waals surface area (Å²) < 4.78 is 16.0. The van der Waals surface area contributed by atoms with Gasteiger partial charge in [-0.2, -0.15) is 4.98 Å². The fraction of sp³-hybridized carbons (Fsp3) is 0.0625. The van der Waals surface area contributed by atoms with Crippen LogP contribution in [-0.2, 0) is 0 Å². The molecule has 0 bridgehead atoms. The van der Waals surface area contributed by atoms with Gasteiger partial charge in [0.1, 0.15) is 11.3 Å². The molecule has 2 aromatic carbocycles. The first-order valence-electron chi connectivity index (χ1n) is 6.68. The van der Waals surface area contributed by atoms with Crippen molar-refractivity contribution in [1.82, 2.24) is 15.3 Å². The molecular weight excluding hydrogens is 282 g/mol. The minimum Gasteiger partial charge on any atom is -0.496 e. The minimum atomic E-state index is 0.287. The number of rotatable bonds is 3. The predicted molar refractivity (Wildman–Crippen MR) is 79.3 cm³/mol. The lowest BCUT2D eigenvalue weighted by Gasteiger charge is -2.02. The third-order valence-electron chi connectivity index (χ3n) is 3.35. The number of fused-ring (bicyclic) bond motifs is 1. The smallest absolute Gasteiger partial charge is 0.297 e. The van der Waals surface area contributed by atoms with Gasteiger partial charge in [-0.15, -0.1) is 0 Å². The number of aromatic nitrogens is 3. The van der Waals surface area contributed by atoms with Gasteiger partial charge in [0.25, 0.3) is 5.89 Å². The maximum Gasteiger partial charge on any atom is 0.297 e. The van der Waals surface area contributed by atoms with Crippen LogP contribution in [0.15, 0.2) is 57.6 Å². The van der Waals surface area contributed by atoms with Crippen molar-refractivity contribution in [1.29, 1.82) is 0 Å². The molecule has 2 aromatic heterocycles. The largest absolute Gasteiger partial charge is 0.496 e. The van der Waals surface area contributed by atoms with Crippen LogP contribution in [-0.4, -0.2) is 22.4 Å². The summed E-state index contributed by atoms with van der Waals surface area (Å²) in [6.45, 7) is 0. The van der Waals surface area contributed by atoms with Gasteiger partial charge < -0.3 is 13.8 Å². The lowest BCUT2D eigenvalue weighted by Crippen LogP contribution is -1.88. The summed E-state index contributed by atoms with van der Waals surface area (Å²) in [5.41, 5.74) is 1.50.